The lowest BCUT2D eigenvalue weighted by atomic mass is 9.98. The minimum atomic E-state index is -1.26. The lowest BCUT2D eigenvalue weighted by molar-refractivity contribution is -0.191. The quantitative estimate of drug-likeness (QED) is 0.115. The Morgan fingerprint density at radius 2 is 1.56 bits per heavy atom. The summed E-state index contributed by atoms with van der Waals surface area (Å²) in [6.07, 6.45) is -0.349. The van der Waals surface area contributed by atoms with E-state index in [1.807, 2.05) is 5.16 Å². The van der Waals surface area contributed by atoms with E-state index in [0.717, 1.165) is 17.7 Å². The first kappa shape index (κ1) is 28.6. The largest absolute Gasteiger partial charge is 0.469 e. The van der Waals surface area contributed by atoms with E-state index in [2.05, 4.69) is 21.9 Å². The fraction of sp³-hybridized carbons (Fsp3) is 0.276. The van der Waals surface area contributed by atoms with Gasteiger partial charge < -0.3 is 14.2 Å². The highest BCUT2D eigenvalue weighted by atomic mass is 32.1. The van der Waals surface area contributed by atoms with Crippen LogP contribution in [-0.2, 0) is 27.1 Å². The van der Waals surface area contributed by atoms with E-state index in [1.165, 1.54) is 18.2 Å². The highest BCUT2D eigenvalue weighted by molar-refractivity contribution is 7.78. The van der Waals surface area contributed by atoms with E-state index >= 15 is 0 Å². The van der Waals surface area contributed by atoms with Crippen LogP contribution in [0.25, 0.3) is 5.83 Å². The summed E-state index contributed by atoms with van der Waals surface area (Å²) in [5, 5.41) is 1.93. The fourth-order valence-corrected chi connectivity index (χ4v) is 4.29. The lowest BCUT2D eigenvalue weighted by Crippen LogP contribution is -2.25. The van der Waals surface area contributed by atoms with Crippen molar-refractivity contribution in [1.29, 1.82) is 0 Å². The van der Waals surface area contributed by atoms with Crippen molar-refractivity contribution in [2.24, 2.45) is 4.99 Å². The first-order valence-corrected chi connectivity index (χ1v) is 12.6. The van der Waals surface area contributed by atoms with Gasteiger partial charge >= 0.3 is 6.01 Å². The number of aryl methyl sites for hydroxylation is 2. The highest BCUT2D eigenvalue weighted by Crippen LogP contribution is 2.32. The first-order valence-electron chi connectivity index (χ1n) is 12.2. The molecule has 1 aliphatic rings. The van der Waals surface area contributed by atoms with Crippen molar-refractivity contribution < 1.29 is 36.2 Å². The van der Waals surface area contributed by atoms with Crippen LogP contribution < -0.4 is 0 Å². The van der Waals surface area contributed by atoms with Crippen LogP contribution in [-0.4, -0.2) is 25.0 Å². The molecular weight excluding hydrogens is 537 g/mol. The van der Waals surface area contributed by atoms with E-state index < -0.39 is 41.3 Å². The number of benzene rings is 3. The Morgan fingerprint density at radius 3 is 2.15 bits per heavy atom. The normalized spacial score (nSPS) is 17.8. The van der Waals surface area contributed by atoms with Gasteiger partial charge in [-0.1, -0.05) is 36.4 Å². The van der Waals surface area contributed by atoms with E-state index in [4.69, 9.17) is 9.47 Å². The molecule has 3 aromatic carbocycles. The minimum absolute atomic E-state index is 0.0185. The van der Waals surface area contributed by atoms with Gasteiger partial charge in [0.25, 0.3) is 0 Å². The number of aliphatic imine (C=N–C) groups is 1. The standard InChI is InChI=1S/C29H24F5NO3S/c1-2-36-28(34)26(33)20-8-5-18(6-9-20)22-14-37-29(38-15-22)21-10-7-19(23(30)13-21)4-3-17-11-24(31)27(35-16-39)25(32)12-17/h5-13,22,29H,2-4,14-15H2,1H3. The third-order valence-electron chi connectivity index (χ3n) is 6.24. The Labute approximate surface area is 227 Å². The monoisotopic (exact) mass is 561 g/mol. The Kier molecular flexibility index (Phi) is 9.59. The molecule has 0 spiro atoms. The summed E-state index contributed by atoms with van der Waals surface area (Å²) in [5.74, 6) is -3.43. The van der Waals surface area contributed by atoms with Crippen LogP contribution in [0.3, 0.4) is 0 Å². The number of hydrogen-bond donors (Lipinski definition) is 0. The SMILES string of the molecule is CCOC(F)=C(F)c1ccc(C2COC(c3ccc(CCc4cc(F)c(N=C=S)c(F)c4)c(F)c3)OC2)cc1. The lowest BCUT2D eigenvalue weighted by Gasteiger charge is -2.30. The molecule has 10 heteroatoms. The van der Waals surface area contributed by atoms with Gasteiger partial charge in [-0.25, -0.2) is 13.2 Å². The van der Waals surface area contributed by atoms with Gasteiger partial charge in [0.15, 0.2) is 17.9 Å². The van der Waals surface area contributed by atoms with Crippen molar-refractivity contribution in [1.82, 2.24) is 0 Å². The molecule has 4 rings (SSSR count). The summed E-state index contributed by atoms with van der Waals surface area (Å²) < 4.78 is 86.7. The molecule has 204 valence electrons. The average Bonchev–Trinajstić information content (AvgIpc) is 2.94. The van der Waals surface area contributed by atoms with Gasteiger partial charge in [0.1, 0.15) is 11.5 Å². The Hall–Kier alpha value is -3.43. The van der Waals surface area contributed by atoms with E-state index in [-0.39, 0.29) is 44.1 Å². The van der Waals surface area contributed by atoms with Crippen LogP contribution in [0.5, 0.6) is 0 Å². The minimum Gasteiger partial charge on any atom is -0.469 e. The summed E-state index contributed by atoms with van der Waals surface area (Å²) in [7, 11) is 0. The Morgan fingerprint density at radius 1 is 0.923 bits per heavy atom. The topological polar surface area (TPSA) is 40.0 Å². The number of isothiocyanates is 1. The van der Waals surface area contributed by atoms with Gasteiger partial charge in [-0.3, -0.25) is 0 Å². The van der Waals surface area contributed by atoms with Gasteiger partial charge in [0, 0.05) is 17.0 Å². The van der Waals surface area contributed by atoms with Gasteiger partial charge in [-0.05, 0) is 66.9 Å². The third kappa shape index (κ3) is 6.96. The molecule has 3 aromatic rings. The molecule has 0 amide bonds. The van der Waals surface area contributed by atoms with Gasteiger partial charge in [-0.15, -0.1) is 0 Å². The molecule has 0 unspecified atom stereocenters. The van der Waals surface area contributed by atoms with E-state index in [1.54, 1.807) is 31.2 Å². The smallest absolute Gasteiger partial charge is 0.309 e. The van der Waals surface area contributed by atoms with Crippen molar-refractivity contribution in [3.8, 4) is 0 Å². The number of ether oxygens (including phenoxy) is 3. The maximum Gasteiger partial charge on any atom is 0.309 e. The molecule has 0 aromatic heterocycles. The molecule has 0 N–H and O–H groups in total. The summed E-state index contributed by atoms with van der Waals surface area (Å²) in [6, 6.07) is 11.8. The first-order chi connectivity index (χ1) is 18.8. The van der Waals surface area contributed by atoms with Crippen LogP contribution in [0.2, 0.25) is 0 Å². The van der Waals surface area contributed by atoms with Gasteiger partial charge in [0.2, 0.25) is 5.83 Å². The summed E-state index contributed by atoms with van der Waals surface area (Å²) in [4.78, 5) is 3.38. The number of rotatable bonds is 9. The summed E-state index contributed by atoms with van der Waals surface area (Å²) >= 11 is 4.39. The molecule has 4 nitrogen and oxygen atoms in total. The van der Waals surface area contributed by atoms with Crippen LogP contribution in [0.15, 0.2) is 65.6 Å². The van der Waals surface area contributed by atoms with Crippen molar-refractivity contribution in [2.75, 3.05) is 19.8 Å². The van der Waals surface area contributed by atoms with Crippen molar-refractivity contribution in [3.05, 3.63) is 106 Å². The van der Waals surface area contributed by atoms with E-state index in [9.17, 15) is 22.0 Å². The average molecular weight is 562 g/mol. The van der Waals surface area contributed by atoms with Gasteiger partial charge in [0.05, 0.1) is 25.0 Å². The number of halogens is 5. The predicted octanol–water partition coefficient (Wildman–Crippen LogP) is 8.05. The van der Waals surface area contributed by atoms with Crippen LogP contribution in [0.4, 0.5) is 27.6 Å². The predicted molar refractivity (Wildman–Crippen MR) is 139 cm³/mol. The molecule has 1 heterocycles. The zero-order chi connectivity index (χ0) is 27.9. The zero-order valence-corrected chi connectivity index (χ0v) is 21.7. The number of hydrogen-bond acceptors (Lipinski definition) is 5. The molecule has 0 bridgehead atoms. The number of thiocarbonyl (C=S) groups is 1. The molecule has 1 aliphatic heterocycles. The maximum atomic E-state index is 14.8. The summed E-state index contributed by atoms with van der Waals surface area (Å²) in [5.41, 5.74) is 1.59. The van der Waals surface area contributed by atoms with Crippen LogP contribution in [0.1, 0.15) is 46.9 Å². The molecule has 39 heavy (non-hydrogen) atoms. The molecule has 0 radical (unpaired) electrons. The van der Waals surface area contributed by atoms with Crippen molar-refractivity contribution in [2.45, 2.75) is 32.0 Å². The molecule has 0 saturated carbocycles. The molecule has 1 saturated heterocycles. The van der Waals surface area contributed by atoms with E-state index in [0.29, 0.717) is 16.7 Å². The highest BCUT2D eigenvalue weighted by Gasteiger charge is 2.26. The van der Waals surface area contributed by atoms with Gasteiger partial charge in [-0.2, -0.15) is 13.8 Å². The second-order valence-corrected chi connectivity index (χ2v) is 8.98. The summed E-state index contributed by atoms with van der Waals surface area (Å²) in [6.45, 7) is 2.13. The molecule has 0 aliphatic carbocycles. The third-order valence-corrected chi connectivity index (χ3v) is 6.33. The second kappa shape index (κ2) is 13.1. The zero-order valence-electron chi connectivity index (χ0n) is 20.9. The second-order valence-electron chi connectivity index (χ2n) is 8.80. The molecule has 1 fully saturated rings. The molecule has 0 atom stereocenters. The maximum absolute atomic E-state index is 14.8. The van der Waals surface area contributed by atoms with Crippen molar-refractivity contribution >= 4 is 28.9 Å². The van der Waals surface area contributed by atoms with Crippen LogP contribution >= 0.6 is 12.2 Å². The number of nitrogens with zero attached hydrogens (tertiary/aromatic N) is 1. The Balaban J connectivity index is 1.34. The molecular formula is C29H24F5NO3S. The van der Waals surface area contributed by atoms with Crippen LogP contribution in [0, 0.1) is 17.5 Å². The Bertz CT molecular complexity index is 1380. The van der Waals surface area contributed by atoms with Crippen molar-refractivity contribution in [3.63, 3.8) is 0 Å². The fourth-order valence-electron chi connectivity index (χ4n) is 4.20.